The van der Waals surface area contributed by atoms with Gasteiger partial charge in [-0.2, -0.15) is 5.10 Å². The van der Waals surface area contributed by atoms with Gasteiger partial charge in [-0.3, -0.25) is 4.68 Å². The lowest BCUT2D eigenvalue weighted by Gasteiger charge is -2.10. The molecule has 0 unspecified atom stereocenters. The van der Waals surface area contributed by atoms with E-state index in [2.05, 4.69) is 49.2 Å². The number of aromatic nitrogens is 2. The van der Waals surface area contributed by atoms with E-state index in [0.717, 1.165) is 44.7 Å². The Labute approximate surface area is 129 Å². The maximum absolute atomic E-state index is 6.15. The van der Waals surface area contributed by atoms with Gasteiger partial charge < -0.3 is 11.1 Å². The first-order chi connectivity index (χ1) is 9.02. The second-order valence-electron chi connectivity index (χ2n) is 4.33. The molecule has 0 atom stereocenters. The fraction of sp³-hybridized carbons (Fsp3) is 0.308. The first kappa shape index (κ1) is 14.4. The molecule has 0 amide bonds. The first-order valence-corrected chi connectivity index (χ1v) is 7.65. The number of nitrogens with zero attached hydrogens (tertiary/aromatic N) is 2. The quantitative estimate of drug-likeness (QED) is 0.825. The predicted molar refractivity (Wildman–Crippen MR) is 86.7 cm³/mol. The van der Waals surface area contributed by atoms with Crippen molar-refractivity contribution in [2.75, 3.05) is 11.1 Å². The molecule has 0 spiro atoms. The van der Waals surface area contributed by atoms with E-state index >= 15 is 0 Å². The molecule has 2 aromatic rings. The Kier molecular flexibility index (Phi) is 4.52. The van der Waals surface area contributed by atoms with E-state index in [1.807, 2.05) is 25.2 Å². The van der Waals surface area contributed by atoms with Crippen LogP contribution in [-0.2, 0) is 13.5 Å². The van der Waals surface area contributed by atoms with E-state index in [4.69, 9.17) is 5.73 Å². The number of rotatable bonds is 4. The van der Waals surface area contributed by atoms with Crippen LogP contribution in [0.1, 0.15) is 19.0 Å². The second kappa shape index (κ2) is 5.96. The molecule has 0 saturated carbocycles. The summed E-state index contributed by atoms with van der Waals surface area (Å²) in [6.07, 6.45) is 1.92. The molecule has 2 rings (SSSR count). The third kappa shape index (κ3) is 3.12. The van der Waals surface area contributed by atoms with Crippen molar-refractivity contribution in [2.45, 2.75) is 19.8 Å². The minimum atomic E-state index is 0.719. The van der Waals surface area contributed by atoms with Crippen LogP contribution in [0, 0.1) is 0 Å². The van der Waals surface area contributed by atoms with Gasteiger partial charge in [0.15, 0.2) is 5.82 Å². The van der Waals surface area contributed by atoms with Crippen LogP contribution in [0.25, 0.3) is 0 Å². The summed E-state index contributed by atoms with van der Waals surface area (Å²) in [6, 6.07) is 5.95. The van der Waals surface area contributed by atoms with Crippen LogP contribution in [0.5, 0.6) is 0 Å². The van der Waals surface area contributed by atoms with Crippen LogP contribution in [-0.4, -0.2) is 9.78 Å². The molecule has 0 radical (unpaired) electrons. The van der Waals surface area contributed by atoms with Crippen LogP contribution < -0.4 is 11.1 Å². The molecule has 1 aromatic carbocycles. The van der Waals surface area contributed by atoms with Gasteiger partial charge in [0.2, 0.25) is 0 Å². The molecule has 0 fully saturated rings. The number of hydrogen-bond donors (Lipinski definition) is 2. The summed E-state index contributed by atoms with van der Waals surface area (Å²) in [6.45, 7) is 2.12. The van der Waals surface area contributed by atoms with Crippen molar-refractivity contribution in [3.63, 3.8) is 0 Å². The Balaban J connectivity index is 2.35. The molecule has 3 N–H and O–H groups in total. The van der Waals surface area contributed by atoms with Crippen molar-refractivity contribution in [2.24, 2.45) is 7.05 Å². The molecule has 1 heterocycles. The predicted octanol–water partition coefficient (Wildman–Crippen LogP) is 4.22. The van der Waals surface area contributed by atoms with Crippen molar-refractivity contribution in [1.29, 1.82) is 0 Å². The molecule has 0 saturated heterocycles. The minimum Gasteiger partial charge on any atom is -0.394 e. The zero-order valence-corrected chi connectivity index (χ0v) is 14.0. The summed E-state index contributed by atoms with van der Waals surface area (Å²) in [5.41, 5.74) is 8.77. The highest BCUT2D eigenvalue weighted by Crippen LogP contribution is 2.32. The molecule has 0 aliphatic carbocycles. The molecule has 102 valence electrons. The fourth-order valence-electron chi connectivity index (χ4n) is 1.89. The maximum Gasteiger partial charge on any atom is 0.152 e. The topological polar surface area (TPSA) is 55.9 Å². The Morgan fingerprint density at radius 1 is 1.37 bits per heavy atom. The van der Waals surface area contributed by atoms with Crippen molar-refractivity contribution in [1.82, 2.24) is 9.78 Å². The van der Waals surface area contributed by atoms with E-state index < -0.39 is 0 Å². The smallest absolute Gasteiger partial charge is 0.152 e. The summed E-state index contributed by atoms with van der Waals surface area (Å²) < 4.78 is 3.77. The SMILES string of the molecule is CCCc1nn(C)c(Nc2cc(Br)ccc2Br)c1N. The minimum absolute atomic E-state index is 0.719. The summed E-state index contributed by atoms with van der Waals surface area (Å²) in [4.78, 5) is 0. The van der Waals surface area contributed by atoms with Gasteiger partial charge >= 0.3 is 0 Å². The normalized spacial score (nSPS) is 10.7. The van der Waals surface area contributed by atoms with E-state index in [-0.39, 0.29) is 0 Å². The van der Waals surface area contributed by atoms with E-state index in [9.17, 15) is 0 Å². The highest BCUT2D eigenvalue weighted by atomic mass is 79.9. The average Bonchev–Trinajstić information content (AvgIpc) is 2.62. The molecular formula is C13H16Br2N4. The molecule has 19 heavy (non-hydrogen) atoms. The molecule has 1 aromatic heterocycles. The zero-order valence-electron chi connectivity index (χ0n) is 10.9. The summed E-state index contributed by atoms with van der Waals surface area (Å²) in [7, 11) is 1.89. The molecule has 4 nitrogen and oxygen atoms in total. The Bertz CT molecular complexity index is 593. The van der Waals surface area contributed by atoms with Crippen molar-refractivity contribution >= 4 is 49.1 Å². The van der Waals surface area contributed by atoms with Crippen LogP contribution in [0.2, 0.25) is 0 Å². The van der Waals surface area contributed by atoms with Gasteiger partial charge in [-0.1, -0.05) is 29.3 Å². The lowest BCUT2D eigenvalue weighted by atomic mass is 10.2. The van der Waals surface area contributed by atoms with Crippen molar-refractivity contribution < 1.29 is 0 Å². The molecule has 6 heteroatoms. The largest absolute Gasteiger partial charge is 0.394 e. The van der Waals surface area contributed by atoms with Crippen LogP contribution >= 0.6 is 31.9 Å². The average molecular weight is 388 g/mol. The number of hydrogen-bond acceptors (Lipinski definition) is 3. The third-order valence-corrected chi connectivity index (χ3v) is 4.01. The molecular weight excluding hydrogens is 372 g/mol. The van der Waals surface area contributed by atoms with Gasteiger partial charge in [0.25, 0.3) is 0 Å². The summed E-state index contributed by atoms with van der Waals surface area (Å²) in [5.74, 6) is 0.822. The van der Waals surface area contributed by atoms with E-state index in [1.165, 1.54) is 0 Å². The lowest BCUT2D eigenvalue weighted by Crippen LogP contribution is -2.01. The van der Waals surface area contributed by atoms with Crippen molar-refractivity contribution in [3.05, 3.63) is 32.8 Å². The Morgan fingerprint density at radius 2 is 2.11 bits per heavy atom. The highest BCUT2D eigenvalue weighted by Gasteiger charge is 2.13. The van der Waals surface area contributed by atoms with Gasteiger partial charge in [-0.05, 0) is 40.5 Å². The first-order valence-electron chi connectivity index (χ1n) is 6.06. The van der Waals surface area contributed by atoms with E-state index in [0.29, 0.717) is 0 Å². The number of nitrogen functional groups attached to an aromatic ring is 1. The van der Waals surface area contributed by atoms with E-state index in [1.54, 1.807) is 4.68 Å². The Hall–Kier alpha value is -1.01. The number of nitrogens with two attached hydrogens (primary N) is 1. The molecule has 0 aliphatic rings. The van der Waals surface area contributed by atoms with Crippen LogP contribution in [0.3, 0.4) is 0 Å². The number of halogens is 2. The highest BCUT2D eigenvalue weighted by molar-refractivity contribution is 9.11. The standard InChI is InChI=1S/C13H16Br2N4/c1-3-4-10-12(16)13(19(2)18-10)17-11-7-8(14)5-6-9(11)15/h5-7,17H,3-4,16H2,1-2H3. The second-order valence-corrected chi connectivity index (χ2v) is 6.10. The van der Waals surface area contributed by atoms with Gasteiger partial charge in [0.1, 0.15) is 0 Å². The fourth-order valence-corrected chi connectivity index (χ4v) is 2.59. The molecule has 0 bridgehead atoms. The zero-order chi connectivity index (χ0) is 14.0. The van der Waals surface area contributed by atoms with Gasteiger partial charge in [0, 0.05) is 16.0 Å². The monoisotopic (exact) mass is 386 g/mol. The van der Waals surface area contributed by atoms with Crippen LogP contribution in [0.4, 0.5) is 17.2 Å². The number of nitrogens with one attached hydrogen (secondary N) is 1. The third-order valence-electron chi connectivity index (χ3n) is 2.83. The molecule has 0 aliphatic heterocycles. The summed E-state index contributed by atoms with van der Waals surface area (Å²) >= 11 is 6.98. The Morgan fingerprint density at radius 3 is 2.79 bits per heavy atom. The maximum atomic E-state index is 6.15. The summed E-state index contributed by atoms with van der Waals surface area (Å²) in [5, 5.41) is 7.78. The lowest BCUT2D eigenvalue weighted by molar-refractivity contribution is 0.740. The van der Waals surface area contributed by atoms with Crippen LogP contribution in [0.15, 0.2) is 27.1 Å². The van der Waals surface area contributed by atoms with Crippen molar-refractivity contribution in [3.8, 4) is 0 Å². The van der Waals surface area contributed by atoms with Gasteiger partial charge in [-0.25, -0.2) is 0 Å². The number of aryl methyl sites for hydroxylation is 2. The van der Waals surface area contributed by atoms with Gasteiger partial charge in [-0.15, -0.1) is 0 Å². The van der Waals surface area contributed by atoms with Gasteiger partial charge in [0.05, 0.1) is 17.1 Å². The number of anilines is 3. The number of benzene rings is 1.